The lowest BCUT2D eigenvalue weighted by molar-refractivity contribution is 0.102. The summed E-state index contributed by atoms with van der Waals surface area (Å²) in [5.74, 6) is 0.212. The Balaban J connectivity index is 1.66. The molecule has 192 valence electrons. The molecular weight excluding hydrogens is 504 g/mol. The Morgan fingerprint density at radius 1 is 0.806 bits per heavy atom. The summed E-state index contributed by atoms with van der Waals surface area (Å²) in [7, 11) is -3.19. The van der Waals surface area contributed by atoms with Gasteiger partial charge in [0.15, 0.2) is 0 Å². The number of nitrogens with one attached hydrogen (secondary N) is 2. The van der Waals surface area contributed by atoms with Crippen molar-refractivity contribution in [3.05, 3.63) is 78.4 Å². The van der Waals surface area contributed by atoms with Gasteiger partial charge in [-0.15, -0.1) is 0 Å². The highest BCUT2D eigenvalue weighted by molar-refractivity contribution is 7.92. The van der Waals surface area contributed by atoms with Crippen molar-refractivity contribution in [1.82, 2.24) is 4.31 Å². The third-order valence-corrected chi connectivity index (χ3v) is 8.36. The van der Waals surface area contributed by atoms with Crippen LogP contribution in [0.15, 0.2) is 77.7 Å². The molecule has 2 N–H and O–H groups in total. The topological polar surface area (TPSA) is 125 Å². The number of carbonyl (C=O) groups is 1. The zero-order chi connectivity index (χ0) is 26.5. The first-order chi connectivity index (χ1) is 16.9. The van der Waals surface area contributed by atoms with Crippen LogP contribution in [0.25, 0.3) is 0 Å². The highest BCUT2D eigenvalue weighted by Crippen LogP contribution is 2.22. The predicted molar refractivity (Wildman–Crippen MR) is 140 cm³/mol. The van der Waals surface area contributed by atoms with E-state index in [4.69, 9.17) is 4.74 Å². The minimum Gasteiger partial charge on any atom is -0.494 e. The Bertz CT molecular complexity index is 1400. The lowest BCUT2D eigenvalue weighted by Gasteiger charge is -2.23. The molecule has 0 atom stereocenters. The fourth-order valence-electron chi connectivity index (χ4n) is 3.12. The van der Waals surface area contributed by atoms with E-state index < -0.39 is 26.1 Å². The first-order valence-electron chi connectivity index (χ1n) is 10.9. The lowest BCUT2D eigenvalue weighted by atomic mass is 10.2. The predicted octanol–water partition coefficient (Wildman–Crippen LogP) is 3.38. The van der Waals surface area contributed by atoms with Gasteiger partial charge in [0.25, 0.3) is 15.9 Å². The number of hydrogen-bond acceptors (Lipinski definition) is 6. The first-order valence-corrected chi connectivity index (χ1v) is 13.8. The first kappa shape index (κ1) is 27.0. The summed E-state index contributed by atoms with van der Waals surface area (Å²) in [4.78, 5) is 12.6. The molecule has 36 heavy (non-hydrogen) atoms. The molecule has 12 heteroatoms. The van der Waals surface area contributed by atoms with Crippen molar-refractivity contribution in [1.29, 1.82) is 0 Å². The number of benzene rings is 3. The van der Waals surface area contributed by atoms with E-state index in [9.17, 15) is 21.6 Å². The van der Waals surface area contributed by atoms with Crippen LogP contribution < -0.4 is 19.1 Å². The maximum absolute atomic E-state index is 12.7. The van der Waals surface area contributed by atoms with Crippen molar-refractivity contribution in [3.8, 4) is 5.75 Å². The molecule has 1 amide bonds. The highest BCUT2D eigenvalue weighted by Gasteiger charge is 2.21. The molecule has 0 saturated heterocycles. The maximum Gasteiger partial charge on any atom is 0.303 e. The number of sulfonamides is 1. The Kier molecular flexibility index (Phi) is 8.23. The van der Waals surface area contributed by atoms with E-state index in [0.29, 0.717) is 35.0 Å². The average Bonchev–Trinajstić information content (AvgIpc) is 2.85. The van der Waals surface area contributed by atoms with E-state index in [1.807, 2.05) is 6.92 Å². The normalized spacial score (nSPS) is 11.7. The SMILES string of the molecule is CCOc1ccc(NS(=O)(=O)c2ccc(NC(=O)c3ccc(N(C)S(=O)(=O)N(C)C)cc3)cc2)cc1. The van der Waals surface area contributed by atoms with Crippen molar-refractivity contribution in [2.24, 2.45) is 0 Å². The third kappa shape index (κ3) is 6.33. The number of rotatable bonds is 10. The molecule has 0 aliphatic rings. The van der Waals surface area contributed by atoms with Gasteiger partial charge in [0.1, 0.15) is 5.75 Å². The summed E-state index contributed by atoms with van der Waals surface area (Å²) in [6.45, 7) is 2.37. The smallest absolute Gasteiger partial charge is 0.303 e. The van der Waals surface area contributed by atoms with Crippen molar-refractivity contribution >= 4 is 43.2 Å². The van der Waals surface area contributed by atoms with Crippen LogP contribution in [0.4, 0.5) is 17.1 Å². The average molecular weight is 533 g/mol. The molecule has 10 nitrogen and oxygen atoms in total. The van der Waals surface area contributed by atoms with Gasteiger partial charge < -0.3 is 10.1 Å². The second kappa shape index (κ2) is 11.0. The minimum atomic E-state index is -3.83. The number of nitrogens with zero attached hydrogens (tertiary/aromatic N) is 2. The van der Waals surface area contributed by atoms with Gasteiger partial charge in [-0.1, -0.05) is 0 Å². The van der Waals surface area contributed by atoms with E-state index in [1.54, 1.807) is 24.3 Å². The van der Waals surface area contributed by atoms with Gasteiger partial charge in [0.2, 0.25) is 0 Å². The van der Waals surface area contributed by atoms with E-state index in [2.05, 4.69) is 10.0 Å². The highest BCUT2D eigenvalue weighted by atomic mass is 32.2. The van der Waals surface area contributed by atoms with Crippen LogP contribution in [-0.2, 0) is 20.2 Å². The van der Waals surface area contributed by atoms with Crippen LogP contribution in [-0.4, -0.2) is 54.8 Å². The van der Waals surface area contributed by atoms with Gasteiger partial charge in [-0.3, -0.25) is 13.8 Å². The van der Waals surface area contributed by atoms with Crippen LogP contribution in [0.5, 0.6) is 5.75 Å². The molecule has 3 aromatic rings. The Morgan fingerprint density at radius 3 is 1.89 bits per heavy atom. The van der Waals surface area contributed by atoms with Crippen LogP contribution in [0.2, 0.25) is 0 Å². The maximum atomic E-state index is 12.7. The molecule has 0 aromatic heterocycles. The largest absolute Gasteiger partial charge is 0.494 e. The minimum absolute atomic E-state index is 0.0314. The monoisotopic (exact) mass is 532 g/mol. The molecule has 3 rings (SSSR count). The van der Waals surface area contributed by atoms with Crippen molar-refractivity contribution in [3.63, 3.8) is 0 Å². The van der Waals surface area contributed by atoms with E-state index in [0.717, 1.165) is 8.61 Å². The zero-order valence-electron chi connectivity index (χ0n) is 20.3. The molecule has 0 aliphatic heterocycles. The fourth-order valence-corrected chi connectivity index (χ4v) is 5.06. The van der Waals surface area contributed by atoms with Crippen LogP contribution in [0, 0.1) is 0 Å². The summed E-state index contributed by atoms with van der Waals surface area (Å²) in [6.07, 6.45) is 0. The quantitative estimate of drug-likeness (QED) is 0.412. The third-order valence-electron chi connectivity index (χ3n) is 5.14. The second-order valence-electron chi connectivity index (χ2n) is 7.85. The number of hydrogen-bond donors (Lipinski definition) is 2. The number of amides is 1. The van der Waals surface area contributed by atoms with Crippen molar-refractivity contribution in [2.75, 3.05) is 42.1 Å². The van der Waals surface area contributed by atoms with Crippen molar-refractivity contribution in [2.45, 2.75) is 11.8 Å². The Morgan fingerprint density at radius 2 is 1.36 bits per heavy atom. The molecule has 0 spiro atoms. The number of ether oxygens (including phenoxy) is 1. The summed E-state index contributed by atoms with van der Waals surface area (Å²) in [5, 5.41) is 2.69. The van der Waals surface area contributed by atoms with Crippen LogP contribution in [0.3, 0.4) is 0 Å². The molecule has 0 radical (unpaired) electrons. The van der Waals surface area contributed by atoms with E-state index in [-0.39, 0.29) is 4.90 Å². The molecule has 0 heterocycles. The number of anilines is 3. The van der Waals surface area contributed by atoms with Gasteiger partial charge in [0.05, 0.1) is 17.2 Å². The number of carbonyl (C=O) groups excluding carboxylic acids is 1. The summed E-state index contributed by atoms with van der Waals surface area (Å²) < 4.78 is 59.9. The van der Waals surface area contributed by atoms with Gasteiger partial charge in [-0.2, -0.15) is 12.7 Å². The Labute approximate surface area is 211 Å². The second-order valence-corrected chi connectivity index (χ2v) is 11.7. The fraction of sp³-hybridized carbons (Fsp3) is 0.208. The lowest BCUT2D eigenvalue weighted by Crippen LogP contribution is -2.37. The molecule has 0 aliphatic carbocycles. The molecule has 0 saturated carbocycles. The summed E-state index contributed by atoms with van der Waals surface area (Å²) in [6, 6.07) is 18.4. The van der Waals surface area contributed by atoms with Crippen molar-refractivity contribution < 1.29 is 26.4 Å². The van der Waals surface area contributed by atoms with Gasteiger partial charge in [-0.05, 0) is 79.7 Å². The molecule has 3 aromatic carbocycles. The van der Waals surface area contributed by atoms with Gasteiger partial charge in [-0.25, -0.2) is 8.42 Å². The Hall–Kier alpha value is -3.61. The summed E-state index contributed by atoms with van der Waals surface area (Å²) >= 11 is 0. The molecule has 0 unspecified atom stereocenters. The summed E-state index contributed by atoms with van der Waals surface area (Å²) in [5.41, 5.74) is 1.50. The zero-order valence-corrected chi connectivity index (χ0v) is 21.9. The standard InChI is InChI=1S/C24H28N4O6S2/c1-5-34-22-14-8-20(9-15-22)26-35(30,31)23-16-10-19(11-17-23)25-24(29)18-6-12-21(13-7-18)28(4)36(32,33)27(2)3/h6-17,26H,5H2,1-4H3,(H,25,29). The molecular formula is C24H28N4O6S2. The van der Waals surface area contributed by atoms with E-state index in [1.165, 1.54) is 69.7 Å². The van der Waals surface area contributed by atoms with Gasteiger partial charge >= 0.3 is 10.2 Å². The van der Waals surface area contributed by atoms with Crippen LogP contribution in [0.1, 0.15) is 17.3 Å². The van der Waals surface area contributed by atoms with Gasteiger partial charge in [0, 0.05) is 38.1 Å². The molecule has 0 bridgehead atoms. The van der Waals surface area contributed by atoms with E-state index >= 15 is 0 Å². The van der Waals surface area contributed by atoms with Crippen LogP contribution >= 0.6 is 0 Å². The molecule has 0 fully saturated rings.